The van der Waals surface area contributed by atoms with E-state index in [-0.39, 0.29) is 12.0 Å². The number of piperidine rings is 1. The summed E-state index contributed by atoms with van der Waals surface area (Å²) in [5.41, 5.74) is 0.451. The molecule has 1 aromatic rings. The Kier molecular flexibility index (Phi) is 5.98. The maximum absolute atomic E-state index is 12.2. The van der Waals surface area contributed by atoms with E-state index in [9.17, 15) is 9.90 Å². The van der Waals surface area contributed by atoms with Gasteiger partial charge in [-0.25, -0.2) is 4.79 Å². The zero-order valence-electron chi connectivity index (χ0n) is 13.7. The number of carbonyl (C=O) groups is 1. The normalized spacial score (nSPS) is 22.1. The van der Waals surface area contributed by atoms with Gasteiger partial charge in [0.2, 0.25) is 0 Å². The minimum Gasteiger partial charge on any atom is -0.444 e. The molecule has 1 aliphatic heterocycles. The van der Waals surface area contributed by atoms with Gasteiger partial charge < -0.3 is 14.7 Å². The average Bonchev–Trinajstić information content (AvgIpc) is 2.43. The summed E-state index contributed by atoms with van der Waals surface area (Å²) in [5.74, 6) is -0.0527. The summed E-state index contributed by atoms with van der Waals surface area (Å²) < 4.78 is 6.38. The third-order valence-electron chi connectivity index (χ3n) is 3.84. The SMILES string of the molecule is CC(C)(C)OC(=O)N1CC[C@@H](O)[C@@H](Cc2cc(Br)ccc2Cl)C1. The number of amides is 1. The number of halogens is 2. The van der Waals surface area contributed by atoms with Crippen LogP contribution in [0.5, 0.6) is 0 Å². The third-order valence-corrected chi connectivity index (χ3v) is 4.70. The van der Waals surface area contributed by atoms with Gasteiger partial charge in [-0.2, -0.15) is 0 Å². The Morgan fingerprint density at radius 3 is 2.83 bits per heavy atom. The maximum atomic E-state index is 12.2. The zero-order chi connectivity index (χ0) is 17.2. The molecule has 0 aromatic heterocycles. The van der Waals surface area contributed by atoms with Gasteiger partial charge in [0, 0.05) is 28.5 Å². The van der Waals surface area contributed by atoms with Crippen molar-refractivity contribution >= 4 is 33.6 Å². The molecule has 6 heteroatoms. The molecule has 0 spiro atoms. The topological polar surface area (TPSA) is 49.8 Å². The fraction of sp³-hybridized carbons (Fsp3) is 0.588. The van der Waals surface area contributed by atoms with Gasteiger partial charge >= 0.3 is 6.09 Å². The lowest BCUT2D eigenvalue weighted by Crippen LogP contribution is -2.48. The van der Waals surface area contributed by atoms with E-state index in [1.165, 1.54) is 0 Å². The van der Waals surface area contributed by atoms with E-state index in [1.807, 2.05) is 39.0 Å². The summed E-state index contributed by atoms with van der Waals surface area (Å²) >= 11 is 9.68. The van der Waals surface area contributed by atoms with Gasteiger partial charge in [-0.05, 0) is 57.4 Å². The zero-order valence-corrected chi connectivity index (χ0v) is 16.0. The molecule has 128 valence electrons. The minimum atomic E-state index is -0.518. The number of aliphatic hydroxyl groups excluding tert-OH is 1. The molecule has 1 saturated heterocycles. The first-order chi connectivity index (χ1) is 10.7. The number of aliphatic hydroxyl groups is 1. The minimum absolute atomic E-state index is 0.0527. The standard InChI is InChI=1S/C17H23BrClNO3/c1-17(2,3)23-16(22)20-7-6-15(21)12(10-20)8-11-9-13(18)4-5-14(11)19/h4-5,9,12,15,21H,6-8,10H2,1-3H3/t12-,15+/m0/s1. The van der Waals surface area contributed by atoms with E-state index in [2.05, 4.69) is 15.9 Å². The molecule has 2 rings (SSSR count). The number of hydrogen-bond acceptors (Lipinski definition) is 3. The quantitative estimate of drug-likeness (QED) is 0.801. The summed E-state index contributed by atoms with van der Waals surface area (Å²) in [5, 5.41) is 11.0. The molecule has 1 amide bonds. The smallest absolute Gasteiger partial charge is 0.410 e. The van der Waals surface area contributed by atoms with Gasteiger partial charge in [0.05, 0.1) is 6.10 Å². The highest BCUT2D eigenvalue weighted by Gasteiger charge is 2.32. The number of nitrogens with zero attached hydrogens (tertiary/aromatic N) is 1. The van der Waals surface area contributed by atoms with Crippen LogP contribution in [0.4, 0.5) is 4.79 Å². The van der Waals surface area contributed by atoms with Crippen molar-refractivity contribution < 1.29 is 14.6 Å². The van der Waals surface area contributed by atoms with Crippen LogP contribution in [-0.4, -0.2) is 40.9 Å². The second kappa shape index (κ2) is 7.41. The van der Waals surface area contributed by atoms with Crippen molar-refractivity contribution in [2.45, 2.75) is 45.3 Å². The van der Waals surface area contributed by atoms with Crippen LogP contribution in [0.1, 0.15) is 32.8 Å². The lowest BCUT2D eigenvalue weighted by atomic mass is 9.89. The Morgan fingerprint density at radius 1 is 1.48 bits per heavy atom. The van der Waals surface area contributed by atoms with E-state index in [1.54, 1.807) is 4.90 Å². The Balaban J connectivity index is 2.06. The fourth-order valence-corrected chi connectivity index (χ4v) is 3.30. The second-order valence-corrected chi connectivity index (χ2v) is 8.31. The molecule has 2 atom stereocenters. The molecule has 0 bridgehead atoms. The molecule has 0 aliphatic carbocycles. The molecular formula is C17H23BrClNO3. The van der Waals surface area contributed by atoms with Crippen molar-refractivity contribution in [3.05, 3.63) is 33.3 Å². The molecule has 1 heterocycles. The molecule has 0 unspecified atom stereocenters. The van der Waals surface area contributed by atoms with Crippen molar-refractivity contribution in [1.29, 1.82) is 0 Å². The molecule has 23 heavy (non-hydrogen) atoms. The summed E-state index contributed by atoms with van der Waals surface area (Å²) in [7, 11) is 0. The highest BCUT2D eigenvalue weighted by Crippen LogP contribution is 2.28. The van der Waals surface area contributed by atoms with E-state index in [4.69, 9.17) is 16.3 Å². The summed E-state index contributed by atoms with van der Waals surface area (Å²) in [4.78, 5) is 13.9. The fourth-order valence-electron chi connectivity index (χ4n) is 2.69. The van der Waals surface area contributed by atoms with Crippen LogP contribution in [0.3, 0.4) is 0 Å². The second-order valence-electron chi connectivity index (χ2n) is 6.98. The van der Waals surface area contributed by atoms with Crippen LogP contribution in [0.15, 0.2) is 22.7 Å². The maximum Gasteiger partial charge on any atom is 0.410 e. The molecule has 1 N–H and O–H groups in total. The predicted octanol–water partition coefficient (Wildman–Crippen LogP) is 4.26. The number of ether oxygens (including phenoxy) is 1. The van der Waals surface area contributed by atoms with Gasteiger partial charge in [-0.3, -0.25) is 0 Å². The van der Waals surface area contributed by atoms with Crippen molar-refractivity contribution in [3.63, 3.8) is 0 Å². The first-order valence-corrected chi connectivity index (χ1v) is 8.93. The Bertz CT molecular complexity index is 573. The van der Waals surface area contributed by atoms with E-state index in [0.717, 1.165) is 10.0 Å². The van der Waals surface area contributed by atoms with Crippen LogP contribution in [0.25, 0.3) is 0 Å². The molecule has 0 saturated carbocycles. The van der Waals surface area contributed by atoms with Crippen molar-refractivity contribution in [1.82, 2.24) is 4.90 Å². The van der Waals surface area contributed by atoms with Crippen LogP contribution in [0, 0.1) is 5.92 Å². The monoisotopic (exact) mass is 403 g/mol. The van der Waals surface area contributed by atoms with E-state index >= 15 is 0 Å². The highest BCUT2D eigenvalue weighted by atomic mass is 79.9. The van der Waals surface area contributed by atoms with Crippen molar-refractivity contribution in [2.24, 2.45) is 5.92 Å². The number of likely N-dealkylation sites (tertiary alicyclic amines) is 1. The average molecular weight is 405 g/mol. The number of benzene rings is 1. The van der Waals surface area contributed by atoms with Crippen molar-refractivity contribution in [2.75, 3.05) is 13.1 Å². The first-order valence-electron chi connectivity index (χ1n) is 7.75. The lowest BCUT2D eigenvalue weighted by molar-refractivity contribution is -0.00823. The van der Waals surface area contributed by atoms with Gasteiger partial charge in [0.15, 0.2) is 0 Å². The van der Waals surface area contributed by atoms with Gasteiger partial charge in [-0.15, -0.1) is 0 Å². The summed E-state index contributed by atoms with van der Waals surface area (Å²) in [6, 6.07) is 5.68. The number of rotatable bonds is 2. The van der Waals surface area contributed by atoms with Crippen molar-refractivity contribution in [3.8, 4) is 0 Å². The van der Waals surface area contributed by atoms with E-state index < -0.39 is 11.7 Å². The van der Waals surface area contributed by atoms with Crippen LogP contribution < -0.4 is 0 Å². The first kappa shape index (κ1) is 18.6. The number of hydrogen-bond donors (Lipinski definition) is 1. The predicted molar refractivity (Wildman–Crippen MR) is 94.8 cm³/mol. The molecule has 4 nitrogen and oxygen atoms in total. The summed E-state index contributed by atoms with van der Waals surface area (Å²) in [6.45, 7) is 6.53. The third kappa shape index (κ3) is 5.37. The number of carbonyl (C=O) groups excluding carboxylic acids is 1. The van der Waals surface area contributed by atoms with Crippen LogP contribution in [-0.2, 0) is 11.2 Å². The Morgan fingerprint density at radius 2 is 2.17 bits per heavy atom. The van der Waals surface area contributed by atoms with E-state index in [0.29, 0.717) is 31.0 Å². The lowest BCUT2D eigenvalue weighted by Gasteiger charge is -2.37. The molecule has 0 radical (unpaired) electrons. The highest BCUT2D eigenvalue weighted by molar-refractivity contribution is 9.10. The Labute approximate surface area is 150 Å². The molecule has 1 fully saturated rings. The molecular weight excluding hydrogens is 382 g/mol. The molecule has 1 aliphatic rings. The van der Waals surface area contributed by atoms with Crippen LogP contribution in [0.2, 0.25) is 5.02 Å². The van der Waals surface area contributed by atoms with Gasteiger partial charge in [0.1, 0.15) is 5.60 Å². The van der Waals surface area contributed by atoms with Crippen LogP contribution >= 0.6 is 27.5 Å². The Hall–Kier alpha value is -0.780. The molecule has 1 aromatic carbocycles. The summed E-state index contributed by atoms with van der Waals surface area (Å²) in [6.07, 6.45) is 0.410. The van der Waals surface area contributed by atoms with Gasteiger partial charge in [0.25, 0.3) is 0 Å². The largest absolute Gasteiger partial charge is 0.444 e. The van der Waals surface area contributed by atoms with Gasteiger partial charge in [-0.1, -0.05) is 27.5 Å².